The molecule has 0 aliphatic rings. The minimum Gasteiger partial charge on any atom is -0.459 e. The summed E-state index contributed by atoms with van der Waals surface area (Å²) in [6.07, 6.45) is 4.06. The summed E-state index contributed by atoms with van der Waals surface area (Å²) >= 11 is 0. The Morgan fingerprint density at radius 3 is 2.54 bits per heavy atom. The van der Waals surface area contributed by atoms with Crippen LogP contribution in [0.2, 0.25) is 0 Å². The number of hydrogen-bond acceptors (Lipinski definition) is 5. The van der Waals surface area contributed by atoms with Gasteiger partial charge < -0.3 is 15.5 Å². The van der Waals surface area contributed by atoms with Gasteiger partial charge in [0.1, 0.15) is 0 Å². The highest BCUT2D eigenvalue weighted by Crippen LogP contribution is 2.20. The first-order valence-corrected chi connectivity index (χ1v) is 9.98. The lowest BCUT2D eigenvalue weighted by atomic mass is 10.1. The second-order valence-corrected chi connectivity index (χ2v) is 7.88. The van der Waals surface area contributed by atoms with E-state index >= 15 is 0 Å². The van der Waals surface area contributed by atoms with Crippen molar-refractivity contribution in [3.63, 3.8) is 0 Å². The molecule has 0 saturated heterocycles. The molecule has 1 aromatic heterocycles. The molecular weight excluding hydrogens is 376 g/mol. The Morgan fingerprint density at radius 1 is 1.23 bits per heavy atom. The van der Waals surface area contributed by atoms with Crippen LogP contribution in [-0.2, 0) is 15.6 Å². The third-order valence-electron chi connectivity index (χ3n) is 3.93. The summed E-state index contributed by atoms with van der Waals surface area (Å²) in [5.41, 5.74) is 6.03. The highest BCUT2D eigenvalue weighted by Gasteiger charge is 2.23. The number of unbranched alkanes of at least 4 members (excludes halogenated alkanes) is 1. The average molecular weight is 401 g/mol. The van der Waals surface area contributed by atoms with Crippen molar-refractivity contribution >= 4 is 28.2 Å². The molecular formula is C18H25ClN2O4S. The molecule has 0 aliphatic heterocycles. The van der Waals surface area contributed by atoms with Crippen molar-refractivity contribution in [2.45, 2.75) is 42.9 Å². The standard InChI is InChI=1S/C18H24N2O4S.ClH/c1-2-3-7-15(12-19)20-18(21)17-14(10-11-24-17)13-25(22,23)16-8-5-4-6-9-16;/h4-6,8-11,15H,2-3,7,12-13,19H2,1H3,(H,20,21);1H. The maximum absolute atomic E-state index is 12.5. The van der Waals surface area contributed by atoms with Crippen molar-refractivity contribution in [3.05, 3.63) is 54.0 Å². The molecule has 2 aromatic rings. The van der Waals surface area contributed by atoms with Gasteiger partial charge in [0, 0.05) is 18.2 Å². The number of carbonyl (C=O) groups excluding carboxylic acids is 1. The van der Waals surface area contributed by atoms with Crippen LogP contribution in [0.5, 0.6) is 0 Å². The summed E-state index contributed by atoms with van der Waals surface area (Å²) in [6.45, 7) is 2.39. The van der Waals surface area contributed by atoms with Gasteiger partial charge in [-0.3, -0.25) is 4.79 Å². The summed E-state index contributed by atoms with van der Waals surface area (Å²) in [5.74, 6) is -0.706. The topological polar surface area (TPSA) is 102 Å². The SMILES string of the molecule is CCCCC(CN)NC(=O)c1occc1CS(=O)(=O)c1ccccc1.Cl. The molecule has 26 heavy (non-hydrogen) atoms. The van der Waals surface area contributed by atoms with Gasteiger partial charge in [0.05, 0.1) is 16.9 Å². The fourth-order valence-corrected chi connectivity index (χ4v) is 3.89. The molecule has 1 heterocycles. The number of carbonyl (C=O) groups is 1. The Hall–Kier alpha value is -1.83. The van der Waals surface area contributed by atoms with E-state index in [0.29, 0.717) is 12.1 Å². The van der Waals surface area contributed by atoms with Gasteiger partial charge >= 0.3 is 0 Å². The number of benzene rings is 1. The van der Waals surface area contributed by atoms with Crippen LogP contribution < -0.4 is 11.1 Å². The maximum Gasteiger partial charge on any atom is 0.287 e. The largest absolute Gasteiger partial charge is 0.459 e. The quantitative estimate of drug-likeness (QED) is 0.673. The zero-order chi connectivity index (χ0) is 18.3. The summed E-state index contributed by atoms with van der Waals surface area (Å²) in [7, 11) is -3.55. The molecule has 0 radical (unpaired) electrons. The summed E-state index contributed by atoms with van der Waals surface area (Å²) in [6, 6.07) is 9.49. The molecule has 1 unspecified atom stereocenters. The van der Waals surface area contributed by atoms with Crippen LogP contribution in [0.25, 0.3) is 0 Å². The number of furan rings is 1. The lowest BCUT2D eigenvalue weighted by Gasteiger charge is -2.16. The first-order chi connectivity index (χ1) is 12.0. The van der Waals surface area contributed by atoms with E-state index in [0.717, 1.165) is 19.3 Å². The molecule has 6 nitrogen and oxygen atoms in total. The monoisotopic (exact) mass is 400 g/mol. The van der Waals surface area contributed by atoms with Crippen LogP contribution in [0.1, 0.15) is 42.3 Å². The lowest BCUT2D eigenvalue weighted by molar-refractivity contribution is 0.0906. The third-order valence-corrected chi connectivity index (χ3v) is 5.61. The molecule has 1 amide bonds. The second kappa shape index (κ2) is 10.4. The van der Waals surface area contributed by atoms with Gasteiger partial charge in [0.15, 0.2) is 15.6 Å². The fourth-order valence-electron chi connectivity index (χ4n) is 2.51. The smallest absolute Gasteiger partial charge is 0.287 e. The Bertz CT molecular complexity index is 791. The molecule has 0 fully saturated rings. The molecule has 0 aliphatic carbocycles. The molecule has 1 atom stereocenters. The van der Waals surface area contributed by atoms with Crippen molar-refractivity contribution in [2.75, 3.05) is 6.54 Å². The van der Waals surface area contributed by atoms with Crippen LogP contribution in [0.4, 0.5) is 0 Å². The van der Waals surface area contributed by atoms with Gasteiger partial charge in [-0.1, -0.05) is 38.0 Å². The van der Waals surface area contributed by atoms with Gasteiger partial charge in [0.2, 0.25) is 0 Å². The minimum absolute atomic E-state index is 0. The zero-order valence-corrected chi connectivity index (χ0v) is 16.3. The van der Waals surface area contributed by atoms with Crippen molar-refractivity contribution in [1.82, 2.24) is 5.32 Å². The number of nitrogens with two attached hydrogens (primary N) is 1. The predicted octanol–water partition coefficient (Wildman–Crippen LogP) is 2.92. The number of hydrogen-bond donors (Lipinski definition) is 2. The van der Waals surface area contributed by atoms with Gasteiger partial charge in [-0.2, -0.15) is 0 Å². The van der Waals surface area contributed by atoms with Crippen LogP contribution in [-0.4, -0.2) is 26.9 Å². The first-order valence-electron chi connectivity index (χ1n) is 8.33. The third kappa shape index (κ3) is 5.86. The molecule has 0 saturated carbocycles. The van der Waals surface area contributed by atoms with E-state index in [1.165, 1.54) is 24.5 Å². The van der Waals surface area contributed by atoms with E-state index in [4.69, 9.17) is 10.2 Å². The van der Waals surface area contributed by atoms with E-state index in [1.54, 1.807) is 18.2 Å². The molecule has 0 spiro atoms. The van der Waals surface area contributed by atoms with Crippen LogP contribution >= 0.6 is 12.4 Å². The maximum atomic E-state index is 12.5. The Morgan fingerprint density at radius 2 is 1.92 bits per heavy atom. The predicted molar refractivity (Wildman–Crippen MR) is 103 cm³/mol. The van der Waals surface area contributed by atoms with Crippen molar-refractivity contribution in [2.24, 2.45) is 5.73 Å². The zero-order valence-electron chi connectivity index (χ0n) is 14.7. The molecule has 0 bridgehead atoms. The number of amides is 1. The van der Waals surface area contributed by atoms with Crippen LogP contribution in [0.15, 0.2) is 52.0 Å². The number of sulfone groups is 1. The van der Waals surface area contributed by atoms with E-state index < -0.39 is 15.7 Å². The van der Waals surface area contributed by atoms with E-state index in [9.17, 15) is 13.2 Å². The summed E-state index contributed by atoms with van der Waals surface area (Å²) < 4.78 is 30.2. The Kier molecular flexibility index (Phi) is 8.84. The van der Waals surface area contributed by atoms with Crippen LogP contribution in [0.3, 0.4) is 0 Å². The minimum atomic E-state index is -3.55. The Labute approximate surface area is 160 Å². The van der Waals surface area contributed by atoms with Crippen molar-refractivity contribution in [3.8, 4) is 0 Å². The van der Waals surface area contributed by atoms with Gasteiger partial charge in [-0.15, -0.1) is 12.4 Å². The second-order valence-electron chi connectivity index (χ2n) is 5.90. The van der Waals surface area contributed by atoms with E-state index in [-0.39, 0.29) is 34.9 Å². The summed E-state index contributed by atoms with van der Waals surface area (Å²) in [4.78, 5) is 12.6. The molecule has 2 rings (SSSR count). The van der Waals surface area contributed by atoms with Gasteiger partial charge in [0.25, 0.3) is 5.91 Å². The van der Waals surface area contributed by atoms with E-state index in [1.807, 2.05) is 0 Å². The van der Waals surface area contributed by atoms with E-state index in [2.05, 4.69) is 12.2 Å². The first kappa shape index (κ1) is 22.2. The Balaban J connectivity index is 0.00000338. The highest BCUT2D eigenvalue weighted by molar-refractivity contribution is 7.90. The van der Waals surface area contributed by atoms with Gasteiger partial charge in [-0.05, 0) is 24.6 Å². The van der Waals surface area contributed by atoms with Crippen LogP contribution in [0, 0.1) is 0 Å². The van der Waals surface area contributed by atoms with Gasteiger partial charge in [-0.25, -0.2) is 8.42 Å². The molecule has 8 heteroatoms. The lowest BCUT2D eigenvalue weighted by Crippen LogP contribution is -2.40. The summed E-state index contributed by atoms with van der Waals surface area (Å²) in [5, 5.41) is 2.82. The average Bonchev–Trinajstić information content (AvgIpc) is 3.06. The highest BCUT2D eigenvalue weighted by atomic mass is 35.5. The number of rotatable bonds is 9. The molecule has 1 aromatic carbocycles. The van der Waals surface area contributed by atoms with Crippen molar-refractivity contribution < 1.29 is 17.6 Å². The number of halogens is 1. The number of nitrogens with one attached hydrogen (secondary N) is 1. The molecule has 3 N–H and O–H groups in total. The molecule has 144 valence electrons. The normalized spacial score (nSPS) is 12.2. The fraction of sp³-hybridized carbons (Fsp3) is 0.389. The van der Waals surface area contributed by atoms with Crippen molar-refractivity contribution in [1.29, 1.82) is 0 Å².